The van der Waals surface area contributed by atoms with Gasteiger partial charge in [0.25, 0.3) is 0 Å². The van der Waals surface area contributed by atoms with Gasteiger partial charge in [0, 0.05) is 25.6 Å². The summed E-state index contributed by atoms with van der Waals surface area (Å²) in [4.78, 5) is 13.8. The van der Waals surface area contributed by atoms with Crippen LogP contribution in [0.5, 0.6) is 0 Å². The minimum atomic E-state index is 0.0479. The van der Waals surface area contributed by atoms with Gasteiger partial charge < -0.3 is 9.64 Å². The van der Waals surface area contributed by atoms with Crippen molar-refractivity contribution in [3.63, 3.8) is 0 Å². The van der Waals surface area contributed by atoms with Crippen molar-refractivity contribution in [3.05, 3.63) is 6.33 Å². The summed E-state index contributed by atoms with van der Waals surface area (Å²) >= 11 is 0. The van der Waals surface area contributed by atoms with Crippen LogP contribution in [0.4, 0.5) is 0 Å². The minimum Gasteiger partial charge on any atom is -0.381 e. The molecule has 0 spiro atoms. The molecule has 1 saturated heterocycles. The van der Waals surface area contributed by atoms with Crippen molar-refractivity contribution in [2.24, 2.45) is 5.92 Å². The number of rotatable bonds is 5. The highest BCUT2D eigenvalue weighted by Crippen LogP contribution is 2.14. The number of likely N-dealkylation sites (N-methyl/N-ethyl adjacent to an activating group) is 1. The van der Waals surface area contributed by atoms with Crippen LogP contribution in [0.2, 0.25) is 0 Å². The molecule has 7 heteroatoms. The van der Waals surface area contributed by atoms with Crippen molar-refractivity contribution < 1.29 is 9.53 Å². The van der Waals surface area contributed by atoms with Gasteiger partial charge in [0.15, 0.2) is 0 Å². The van der Waals surface area contributed by atoms with Gasteiger partial charge in [0.2, 0.25) is 5.91 Å². The molecule has 0 bridgehead atoms. The summed E-state index contributed by atoms with van der Waals surface area (Å²) in [7, 11) is 0. The van der Waals surface area contributed by atoms with Gasteiger partial charge in [-0.05, 0) is 23.8 Å². The summed E-state index contributed by atoms with van der Waals surface area (Å²) < 4.78 is 6.75. The van der Waals surface area contributed by atoms with Crippen LogP contribution in [0.1, 0.15) is 13.3 Å². The molecule has 2 heterocycles. The Kier molecular flexibility index (Phi) is 4.03. The zero-order chi connectivity index (χ0) is 12.1. The molecule has 1 aromatic rings. The number of amides is 1. The SMILES string of the molecule is CCN(C[C@H]1CCOC1)C(=O)Cn1cnnn1. The van der Waals surface area contributed by atoms with E-state index in [2.05, 4.69) is 15.5 Å². The third-order valence-corrected chi connectivity index (χ3v) is 2.93. The topological polar surface area (TPSA) is 73.1 Å². The highest BCUT2D eigenvalue weighted by Gasteiger charge is 2.21. The van der Waals surface area contributed by atoms with E-state index in [-0.39, 0.29) is 12.5 Å². The molecule has 1 atom stereocenters. The van der Waals surface area contributed by atoms with E-state index >= 15 is 0 Å². The molecule has 0 unspecified atom stereocenters. The second kappa shape index (κ2) is 5.72. The fraction of sp³-hybridized carbons (Fsp3) is 0.800. The Morgan fingerprint density at radius 2 is 2.53 bits per heavy atom. The van der Waals surface area contributed by atoms with Crippen LogP contribution in [-0.2, 0) is 16.1 Å². The molecule has 0 saturated carbocycles. The average Bonchev–Trinajstić information content (AvgIpc) is 2.97. The lowest BCUT2D eigenvalue weighted by Gasteiger charge is -2.23. The first-order valence-corrected chi connectivity index (χ1v) is 5.86. The van der Waals surface area contributed by atoms with Gasteiger partial charge >= 0.3 is 0 Å². The molecular formula is C10H17N5O2. The Balaban J connectivity index is 1.86. The van der Waals surface area contributed by atoms with Crippen LogP contribution in [0, 0.1) is 5.92 Å². The van der Waals surface area contributed by atoms with E-state index in [9.17, 15) is 4.79 Å². The maximum absolute atomic E-state index is 12.0. The summed E-state index contributed by atoms with van der Waals surface area (Å²) in [5, 5.41) is 10.7. The lowest BCUT2D eigenvalue weighted by molar-refractivity contribution is -0.132. The Morgan fingerprint density at radius 1 is 1.65 bits per heavy atom. The highest BCUT2D eigenvalue weighted by atomic mass is 16.5. The second-order valence-electron chi connectivity index (χ2n) is 4.17. The van der Waals surface area contributed by atoms with Crippen LogP contribution in [0.25, 0.3) is 0 Å². The van der Waals surface area contributed by atoms with Crippen LogP contribution in [0.3, 0.4) is 0 Å². The minimum absolute atomic E-state index is 0.0479. The van der Waals surface area contributed by atoms with Gasteiger partial charge in [-0.15, -0.1) is 5.10 Å². The van der Waals surface area contributed by atoms with Crippen molar-refractivity contribution in [2.75, 3.05) is 26.3 Å². The van der Waals surface area contributed by atoms with E-state index in [0.29, 0.717) is 12.5 Å². The fourth-order valence-corrected chi connectivity index (χ4v) is 1.94. The monoisotopic (exact) mass is 239 g/mol. The molecule has 17 heavy (non-hydrogen) atoms. The van der Waals surface area contributed by atoms with Crippen molar-refractivity contribution in [1.29, 1.82) is 0 Å². The predicted molar refractivity (Wildman–Crippen MR) is 59.0 cm³/mol. The second-order valence-corrected chi connectivity index (χ2v) is 4.17. The predicted octanol–water partition coefficient (Wildman–Crippen LogP) is -0.442. The molecule has 94 valence electrons. The quantitative estimate of drug-likeness (QED) is 0.696. The standard InChI is InChI=1S/C10H17N5O2/c1-2-14(5-9-3-4-17-7-9)10(16)6-15-8-11-12-13-15/h8-9H,2-7H2,1H3/t9-/m1/s1. The molecule has 2 rings (SSSR count). The van der Waals surface area contributed by atoms with E-state index in [1.807, 2.05) is 11.8 Å². The number of hydrogen-bond donors (Lipinski definition) is 0. The molecular weight excluding hydrogens is 222 g/mol. The first-order valence-electron chi connectivity index (χ1n) is 5.86. The van der Waals surface area contributed by atoms with Gasteiger partial charge in [-0.1, -0.05) is 0 Å². The van der Waals surface area contributed by atoms with Crippen LogP contribution in [-0.4, -0.2) is 57.3 Å². The molecule has 1 aliphatic rings. The Labute approximate surface area is 99.7 Å². The number of tetrazole rings is 1. The molecule has 0 aromatic carbocycles. The number of aromatic nitrogens is 4. The van der Waals surface area contributed by atoms with Gasteiger partial charge in [-0.3, -0.25) is 4.79 Å². The normalized spacial score (nSPS) is 19.5. The van der Waals surface area contributed by atoms with E-state index in [4.69, 9.17) is 4.74 Å². The van der Waals surface area contributed by atoms with Crippen LogP contribution in [0.15, 0.2) is 6.33 Å². The number of carbonyl (C=O) groups excluding carboxylic acids is 1. The Morgan fingerprint density at radius 3 is 3.12 bits per heavy atom. The number of carbonyl (C=O) groups is 1. The lowest BCUT2D eigenvalue weighted by Crippen LogP contribution is -2.37. The average molecular weight is 239 g/mol. The molecule has 0 N–H and O–H groups in total. The highest BCUT2D eigenvalue weighted by molar-refractivity contribution is 5.75. The molecule has 1 aliphatic heterocycles. The van der Waals surface area contributed by atoms with Gasteiger partial charge in [-0.25, -0.2) is 4.68 Å². The van der Waals surface area contributed by atoms with E-state index in [1.165, 1.54) is 11.0 Å². The summed E-state index contributed by atoms with van der Waals surface area (Å²) in [5.41, 5.74) is 0. The zero-order valence-corrected chi connectivity index (χ0v) is 9.95. The summed E-state index contributed by atoms with van der Waals surface area (Å²) in [5.74, 6) is 0.513. The molecule has 1 aromatic heterocycles. The lowest BCUT2D eigenvalue weighted by atomic mass is 10.1. The van der Waals surface area contributed by atoms with Crippen LogP contribution >= 0.6 is 0 Å². The van der Waals surface area contributed by atoms with Crippen molar-refractivity contribution in [3.8, 4) is 0 Å². The van der Waals surface area contributed by atoms with E-state index in [0.717, 1.165) is 26.2 Å². The van der Waals surface area contributed by atoms with E-state index in [1.54, 1.807) is 0 Å². The maximum atomic E-state index is 12.0. The molecule has 1 amide bonds. The molecule has 0 aliphatic carbocycles. The number of ether oxygens (including phenoxy) is 1. The molecule has 0 radical (unpaired) electrons. The largest absolute Gasteiger partial charge is 0.381 e. The van der Waals surface area contributed by atoms with Gasteiger partial charge in [0.05, 0.1) is 6.61 Å². The first-order chi connectivity index (χ1) is 8.29. The smallest absolute Gasteiger partial charge is 0.244 e. The Bertz CT molecular complexity index is 348. The van der Waals surface area contributed by atoms with Gasteiger partial charge in [0.1, 0.15) is 12.9 Å². The third kappa shape index (κ3) is 3.23. The van der Waals surface area contributed by atoms with Crippen LogP contribution < -0.4 is 0 Å². The maximum Gasteiger partial charge on any atom is 0.244 e. The van der Waals surface area contributed by atoms with Crippen molar-refractivity contribution in [1.82, 2.24) is 25.1 Å². The first kappa shape index (κ1) is 12.0. The molecule has 1 fully saturated rings. The summed E-state index contributed by atoms with van der Waals surface area (Å²) in [6.45, 7) is 5.22. The van der Waals surface area contributed by atoms with Crippen molar-refractivity contribution >= 4 is 5.91 Å². The van der Waals surface area contributed by atoms with E-state index < -0.39 is 0 Å². The van der Waals surface area contributed by atoms with Crippen molar-refractivity contribution in [2.45, 2.75) is 19.9 Å². The Hall–Kier alpha value is -1.50. The van der Waals surface area contributed by atoms with Gasteiger partial charge in [-0.2, -0.15) is 0 Å². The fourth-order valence-electron chi connectivity index (χ4n) is 1.94. The number of hydrogen-bond acceptors (Lipinski definition) is 5. The number of nitrogens with zero attached hydrogens (tertiary/aromatic N) is 5. The third-order valence-electron chi connectivity index (χ3n) is 2.93. The molecule has 7 nitrogen and oxygen atoms in total. The summed E-state index contributed by atoms with van der Waals surface area (Å²) in [6, 6.07) is 0. The summed E-state index contributed by atoms with van der Waals surface area (Å²) in [6.07, 6.45) is 2.49. The zero-order valence-electron chi connectivity index (χ0n) is 9.95.